The van der Waals surface area contributed by atoms with Crippen LogP contribution in [0.5, 0.6) is 0 Å². The summed E-state index contributed by atoms with van der Waals surface area (Å²) in [6, 6.07) is 5.52. The van der Waals surface area contributed by atoms with Crippen molar-refractivity contribution in [1.82, 2.24) is 4.72 Å². The lowest BCUT2D eigenvalue weighted by Gasteiger charge is -2.32. The third-order valence-corrected chi connectivity index (χ3v) is 7.49. The monoisotopic (exact) mass is 394 g/mol. The molecule has 0 unspecified atom stereocenters. The van der Waals surface area contributed by atoms with Crippen molar-refractivity contribution in [2.75, 3.05) is 12.4 Å². The summed E-state index contributed by atoms with van der Waals surface area (Å²) in [4.78, 5) is 0.212. The van der Waals surface area contributed by atoms with E-state index in [2.05, 4.69) is 10.0 Å². The Kier molecular flexibility index (Phi) is 5.65. The van der Waals surface area contributed by atoms with Gasteiger partial charge in [0.15, 0.2) is 0 Å². The first-order valence-corrected chi connectivity index (χ1v) is 11.2. The molecule has 0 amide bonds. The highest BCUT2D eigenvalue weighted by Gasteiger charge is 2.52. The van der Waals surface area contributed by atoms with Crippen molar-refractivity contribution >= 4 is 28.3 Å². The molecule has 1 aromatic rings. The maximum absolute atomic E-state index is 12.3. The lowest BCUT2D eigenvalue weighted by Crippen LogP contribution is -2.41. The maximum Gasteiger partial charge on any atom is 0.497 e. The van der Waals surface area contributed by atoms with Gasteiger partial charge in [-0.25, -0.2) is 13.1 Å². The fourth-order valence-corrected chi connectivity index (χ4v) is 4.35. The number of hydrogen-bond acceptors (Lipinski definition) is 5. The third-order valence-electron chi connectivity index (χ3n) is 6.07. The second-order valence-corrected chi connectivity index (χ2v) is 10.4. The van der Waals surface area contributed by atoms with E-state index in [1.807, 2.05) is 33.8 Å². The molecule has 8 heteroatoms. The second-order valence-electron chi connectivity index (χ2n) is 8.52. The first kappa shape index (κ1) is 20.6. The Morgan fingerprint density at radius 2 is 1.63 bits per heavy atom. The highest BCUT2D eigenvalue weighted by molar-refractivity contribution is 7.89. The molecule has 2 fully saturated rings. The largest absolute Gasteiger partial charge is 0.497 e. The molecule has 1 saturated carbocycles. The molecule has 1 saturated heterocycles. The van der Waals surface area contributed by atoms with E-state index in [1.165, 1.54) is 26.3 Å². The first-order chi connectivity index (χ1) is 12.6. The van der Waals surface area contributed by atoms with Crippen LogP contribution in [0.1, 0.15) is 59.8 Å². The highest BCUT2D eigenvalue weighted by Crippen LogP contribution is 2.37. The smallest absolute Gasteiger partial charge is 0.399 e. The molecule has 0 aromatic heterocycles. The predicted molar refractivity (Wildman–Crippen MR) is 109 cm³/mol. The van der Waals surface area contributed by atoms with Gasteiger partial charge in [-0.3, -0.25) is 0 Å². The molecule has 150 valence electrons. The zero-order valence-corrected chi connectivity index (χ0v) is 17.8. The summed E-state index contributed by atoms with van der Waals surface area (Å²) in [5.41, 5.74) is 0.640. The average Bonchev–Trinajstić information content (AvgIpc) is 2.83. The van der Waals surface area contributed by atoms with Gasteiger partial charge in [0.25, 0.3) is 0 Å². The van der Waals surface area contributed by atoms with Crippen molar-refractivity contribution in [3.63, 3.8) is 0 Å². The molecule has 3 rings (SSSR count). The van der Waals surface area contributed by atoms with Gasteiger partial charge >= 0.3 is 7.12 Å². The van der Waals surface area contributed by atoms with Crippen LogP contribution in [-0.4, -0.2) is 39.8 Å². The summed E-state index contributed by atoms with van der Waals surface area (Å²) in [6.07, 6.45) is 5.96. The molecule has 2 aliphatic rings. The topological polar surface area (TPSA) is 76.7 Å². The van der Waals surface area contributed by atoms with Crippen molar-refractivity contribution in [1.29, 1.82) is 0 Å². The summed E-state index contributed by atoms with van der Waals surface area (Å²) in [6.45, 7) is 7.98. The van der Waals surface area contributed by atoms with E-state index in [0.29, 0.717) is 6.04 Å². The third kappa shape index (κ3) is 4.18. The normalized spacial score (nSPS) is 22.8. The van der Waals surface area contributed by atoms with E-state index in [1.54, 1.807) is 12.1 Å². The van der Waals surface area contributed by atoms with E-state index in [4.69, 9.17) is 9.31 Å². The van der Waals surface area contributed by atoms with Crippen molar-refractivity contribution in [3.05, 3.63) is 18.2 Å². The second kappa shape index (κ2) is 7.39. The molecular weight excluding hydrogens is 363 g/mol. The van der Waals surface area contributed by atoms with E-state index >= 15 is 0 Å². The molecule has 1 heterocycles. The lowest BCUT2D eigenvalue weighted by atomic mass is 9.77. The lowest BCUT2D eigenvalue weighted by molar-refractivity contribution is 0.00578. The van der Waals surface area contributed by atoms with Crippen LogP contribution in [0.2, 0.25) is 0 Å². The standard InChI is InChI=1S/C19H31BN2O4S/c1-18(2)19(3,4)26-20(25-18)16-13-15(27(23,24)21-5)11-12-17(16)22-14-9-7-6-8-10-14/h11-14,21-22H,6-10H2,1-5H3. The minimum absolute atomic E-state index is 0.212. The van der Waals surface area contributed by atoms with Crippen LogP contribution in [0.25, 0.3) is 0 Å². The molecule has 27 heavy (non-hydrogen) atoms. The van der Waals surface area contributed by atoms with Crippen molar-refractivity contribution in [3.8, 4) is 0 Å². The van der Waals surface area contributed by atoms with Crippen LogP contribution in [-0.2, 0) is 19.3 Å². The van der Waals surface area contributed by atoms with E-state index in [9.17, 15) is 8.42 Å². The zero-order valence-electron chi connectivity index (χ0n) is 17.0. The summed E-state index contributed by atoms with van der Waals surface area (Å²) in [5.74, 6) is 0. The van der Waals surface area contributed by atoms with Crippen molar-refractivity contribution in [2.24, 2.45) is 0 Å². The van der Waals surface area contributed by atoms with Gasteiger partial charge in [0, 0.05) is 17.2 Å². The van der Waals surface area contributed by atoms with Gasteiger partial charge in [0.05, 0.1) is 16.1 Å². The summed E-state index contributed by atoms with van der Waals surface area (Å²) in [5, 5.41) is 3.60. The summed E-state index contributed by atoms with van der Waals surface area (Å²) in [7, 11) is -2.75. The molecule has 0 radical (unpaired) electrons. The molecule has 0 spiro atoms. The molecule has 2 N–H and O–H groups in total. The number of anilines is 1. The average molecular weight is 394 g/mol. The van der Waals surface area contributed by atoms with Crippen LogP contribution in [0.3, 0.4) is 0 Å². The molecule has 0 bridgehead atoms. The molecule has 1 aromatic carbocycles. The SMILES string of the molecule is CNS(=O)(=O)c1ccc(NC2CCCCC2)c(B2OC(C)(C)C(C)(C)O2)c1. The summed E-state index contributed by atoms with van der Waals surface area (Å²) >= 11 is 0. The van der Waals surface area contributed by atoms with E-state index < -0.39 is 28.3 Å². The molecule has 6 nitrogen and oxygen atoms in total. The molecular formula is C19H31BN2O4S. The molecule has 1 aliphatic heterocycles. The molecule has 0 atom stereocenters. The van der Waals surface area contributed by atoms with Crippen molar-refractivity contribution in [2.45, 2.75) is 81.9 Å². The fraction of sp³-hybridized carbons (Fsp3) is 0.684. The maximum atomic E-state index is 12.3. The van der Waals surface area contributed by atoms with Crippen LogP contribution in [0, 0.1) is 0 Å². The fourth-order valence-electron chi connectivity index (χ4n) is 3.59. The van der Waals surface area contributed by atoms with Gasteiger partial charge in [-0.05, 0) is 65.8 Å². The van der Waals surface area contributed by atoms with Gasteiger partial charge in [-0.2, -0.15) is 0 Å². The zero-order chi connectivity index (χ0) is 19.9. The Bertz CT molecular complexity index is 773. The molecule has 1 aliphatic carbocycles. The van der Waals surface area contributed by atoms with Gasteiger partial charge in [0.2, 0.25) is 10.0 Å². The van der Waals surface area contributed by atoms with E-state index in [0.717, 1.165) is 24.0 Å². The van der Waals surface area contributed by atoms with Crippen LogP contribution >= 0.6 is 0 Å². The van der Waals surface area contributed by atoms with Gasteiger partial charge in [-0.15, -0.1) is 0 Å². The van der Waals surface area contributed by atoms with Gasteiger partial charge in [0.1, 0.15) is 0 Å². The minimum atomic E-state index is -3.55. The number of sulfonamides is 1. The number of rotatable bonds is 5. The van der Waals surface area contributed by atoms with Gasteiger partial charge in [-0.1, -0.05) is 19.3 Å². The Hall–Kier alpha value is -1.09. The quantitative estimate of drug-likeness (QED) is 0.751. The number of benzene rings is 1. The minimum Gasteiger partial charge on any atom is -0.399 e. The van der Waals surface area contributed by atoms with E-state index in [-0.39, 0.29) is 4.90 Å². The Balaban J connectivity index is 1.98. The summed E-state index contributed by atoms with van der Waals surface area (Å²) < 4.78 is 39.4. The number of hydrogen-bond donors (Lipinski definition) is 2. The van der Waals surface area contributed by atoms with Crippen molar-refractivity contribution < 1.29 is 17.7 Å². The Labute approximate surface area is 163 Å². The predicted octanol–water partition coefficient (Wildman–Crippen LogP) is 2.64. The van der Waals surface area contributed by atoms with Crippen LogP contribution in [0.15, 0.2) is 23.1 Å². The van der Waals surface area contributed by atoms with Crippen LogP contribution < -0.4 is 15.5 Å². The number of nitrogens with one attached hydrogen (secondary N) is 2. The van der Waals surface area contributed by atoms with Gasteiger partial charge < -0.3 is 14.6 Å². The van der Waals surface area contributed by atoms with Crippen LogP contribution in [0.4, 0.5) is 5.69 Å². The Morgan fingerprint density at radius 1 is 1.04 bits per heavy atom. The highest BCUT2D eigenvalue weighted by atomic mass is 32.2. The Morgan fingerprint density at radius 3 is 2.19 bits per heavy atom. The first-order valence-electron chi connectivity index (χ1n) is 9.75.